The molecular weight excluding hydrogens is 294 g/mol. The maximum atomic E-state index is 12.0. The number of rotatable bonds is 4. The van der Waals surface area contributed by atoms with Crippen molar-refractivity contribution in [3.8, 4) is 0 Å². The molecule has 21 heavy (non-hydrogen) atoms. The Balaban J connectivity index is 2.02. The number of nitrogens with one attached hydrogen (secondary N) is 2. The van der Waals surface area contributed by atoms with Gasteiger partial charge < -0.3 is 10.6 Å². The van der Waals surface area contributed by atoms with Gasteiger partial charge in [0.25, 0.3) is 5.91 Å². The molecule has 1 aromatic carbocycles. The standard InChI is InChI=1S/C14H16ClN3O3/c1-8(2)12-13(20)18(14(21)17-12)7-11(19)16-10-6-4-3-5-9(10)15/h3-6,8,12H,7H2,1-2H3,(H,16,19)(H,17,21). The quantitative estimate of drug-likeness (QED) is 0.833. The number of anilines is 1. The molecule has 1 aliphatic heterocycles. The second-order valence-electron chi connectivity index (χ2n) is 5.12. The highest BCUT2D eigenvalue weighted by atomic mass is 35.5. The number of imide groups is 1. The smallest absolute Gasteiger partial charge is 0.325 e. The number of amides is 4. The van der Waals surface area contributed by atoms with Gasteiger partial charge in [-0.15, -0.1) is 0 Å². The maximum absolute atomic E-state index is 12.0. The number of para-hydroxylation sites is 1. The van der Waals surface area contributed by atoms with Gasteiger partial charge in [0.1, 0.15) is 12.6 Å². The molecule has 0 aliphatic carbocycles. The van der Waals surface area contributed by atoms with Crippen LogP contribution in [-0.2, 0) is 9.59 Å². The first kappa shape index (κ1) is 15.3. The zero-order chi connectivity index (χ0) is 15.6. The zero-order valence-corrected chi connectivity index (χ0v) is 12.5. The number of hydrogen-bond acceptors (Lipinski definition) is 3. The molecular formula is C14H16ClN3O3. The fourth-order valence-electron chi connectivity index (χ4n) is 2.04. The third-order valence-electron chi connectivity index (χ3n) is 3.17. The van der Waals surface area contributed by atoms with Crippen molar-refractivity contribution >= 4 is 35.1 Å². The highest BCUT2D eigenvalue weighted by molar-refractivity contribution is 6.33. The van der Waals surface area contributed by atoms with Crippen molar-refractivity contribution in [2.45, 2.75) is 19.9 Å². The number of carbonyl (C=O) groups is 3. The van der Waals surface area contributed by atoms with Crippen molar-refractivity contribution in [2.75, 3.05) is 11.9 Å². The summed E-state index contributed by atoms with van der Waals surface area (Å²) < 4.78 is 0. The molecule has 6 nitrogen and oxygen atoms in total. The Morgan fingerprint density at radius 3 is 2.62 bits per heavy atom. The lowest BCUT2D eigenvalue weighted by molar-refractivity contribution is -0.131. The van der Waals surface area contributed by atoms with E-state index in [2.05, 4.69) is 10.6 Å². The summed E-state index contributed by atoms with van der Waals surface area (Å²) in [7, 11) is 0. The van der Waals surface area contributed by atoms with Gasteiger partial charge in [-0.2, -0.15) is 0 Å². The van der Waals surface area contributed by atoms with Crippen LogP contribution in [0, 0.1) is 5.92 Å². The highest BCUT2D eigenvalue weighted by Gasteiger charge is 2.40. The Labute approximate surface area is 127 Å². The second-order valence-corrected chi connectivity index (χ2v) is 5.53. The Hall–Kier alpha value is -2.08. The molecule has 0 saturated carbocycles. The van der Waals surface area contributed by atoms with E-state index in [0.717, 1.165) is 4.90 Å². The summed E-state index contributed by atoms with van der Waals surface area (Å²) in [6.07, 6.45) is 0. The second kappa shape index (κ2) is 6.13. The van der Waals surface area contributed by atoms with Crippen LogP contribution in [-0.4, -0.2) is 35.3 Å². The van der Waals surface area contributed by atoms with Gasteiger partial charge >= 0.3 is 6.03 Å². The minimum atomic E-state index is -0.578. The SMILES string of the molecule is CC(C)C1NC(=O)N(CC(=O)Nc2ccccc2Cl)C1=O. The Bertz CT molecular complexity index is 589. The lowest BCUT2D eigenvalue weighted by Crippen LogP contribution is -2.39. The van der Waals surface area contributed by atoms with Crippen molar-refractivity contribution in [3.63, 3.8) is 0 Å². The molecule has 7 heteroatoms. The Morgan fingerprint density at radius 2 is 2.05 bits per heavy atom. The van der Waals surface area contributed by atoms with E-state index in [4.69, 9.17) is 11.6 Å². The molecule has 1 saturated heterocycles. The first-order chi connectivity index (χ1) is 9.90. The normalized spacial score (nSPS) is 18.1. The summed E-state index contributed by atoms with van der Waals surface area (Å²) in [5.74, 6) is -0.890. The summed E-state index contributed by atoms with van der Waals surface area (Å²) in [6, 6.07) is 5.62. The van der Waals surface area contributed by atoms with Gasteiger partial charge in [-0.05, 0) is 18.1 Å². The summed E-state index contributed by atoms with van der Waals surface area (Å²) in [6.45, 7) is 3.32. The van der Waals surface area contributed by atoms with Crippen LogP contribution in [0.3, 0.4) is 0 Å². The molecule has 1 fully saturated rings. The van der Waals surface area contributed by atoms with Crippen LogP contribution in [0.4, 0.5) is 10.5 Å². The number of carbonyl (C=O) groups excluding carboxylic acids is 3. The van der Waals surface area contributed by atoms with Gasteiger partial charge in [0.2, 0.25) is 5.91 Å². The summed E-state index contributed by atoms with van der Waals surface area (Å²) in [5.41, 5.74) is 0.441. The van der Waals surface area contributed by atoms with Crippen LogP contribution in [0.5, 0.6) is 0 Å². The van der Waals surface area contributed by atoms with E-state index in [1.165, 1.54) is 0 Å². The third kappa shape index (κ3) is 3.33. The van der Waals surface area contributed by atoms with Gasteiger partial charge in [0.15, 0.2) is 0 Å². The van der Waals surface area contributed by atoms with E-state index in [9.17, 15) is 14.4 Å². The molecule has 0 spiro atoms. The predicted octanol–water partition coefficient (Wildman–Crippen LogP) is 1.85. The largest absolute Gasteiger partial charge is 0.326 e. The molecule has 1 aliphatic rings. The molecule has 1 atom stereocenters. The fourth-order valence-corrected chi connectivity index (χ4v) is 2.22. The number of halogens is 1. The minimum Gasteiger partial charge on any atom is -0.326 e. The molecule has 0 bridgehead atoms. The topological polar surface area (TPSA) is 78.5 Å². The van der Waals surface area contributed by atoms with Gasteiger partial charge in [-0.3, -0.25) is 14.5 Å². The molecule has 2 rings (SSSR count). The average Bonchev–Trinajstić information content (AvgIpc) is 2.69. The van der Waals surface area contributed by atoms with Gasteiger partial charge in [-0.25, -0.2) is 4.79 Å². The van der Waals surface area contributed by atoms with Crippen LogP contribution in [0.25, 0.3) is 0 Å². The van der Waals surface area contributed by atoms with E-state index < -0.39 is 18.0 Å². The monoisotopic (exact) mass is 309 g/mol. The first-order valence-corrected chi connectivity index (χ1v) is 6.94. The van der Waals surface area contributed by atoms with E-state index in [-0.39, 0.29) is 18.4 Å². The fraction of sp³-hybridized carbons (Fsp3) is 0.357. The number of hydrogen-bond donors (Lipinski definition) is 2. The Kier molecular flexibility index (Phi) is 4.47. The first-order valence-electron chi connectivity index (χ1n) is 6.56. The van der Waals surface area contributed by atoms with Gasteiger partial charge in [0, 0.05) is 0 Å². The highest BCUT2D eigenvalue weighted by Crippen LogP contribution is 2.20. The van der Waals surface area contributed by atoms with Crippen LogP contribution < -0.4 is 10.6 Å². The summed E-state index contributed by atoms with van der Waals surface area (Å²) in [5, 5.41) is 5.53. The lowest BCUT2D eigenvalue weighted by Gasteiger charge is -2.14. The van der Waals surface area contributed by atoms with E-state index in [1.807, 2.05) is 13.8 Å². The predicted molar refractivity (Wildman–Crippen MR) is 79.0 cm³/mol. The molecule has 1 aromatic rings. The minimum absolute atomic E-state index is 0.0296. The molecule has 4 amide bonds. The summed E-state index contributed by atoms with van der Waals surface area (Å²) in [4.78, 5) is 36.6. The van der Waals surface area contributed by atoms with Crippen molar-refractivity contribution < 1.29 is 14.4 Å². The van der Waals surface area contributed by atoms with Crippen molar-refractivity contribution in [1.29, 1.82) is 0 Å². The van der Waals surface area contributed by atoms with Crippen LogP contribution in [0.15, 0.2) is 24.3 Å². The number of benzene rings is 1. The molecule has 2 N–H and O–H groups in total. The maximum Gasteiger partial charge on any atom is 0.325 e. The third-order valence-corrected chi connectivity index (χ3v) is 3.50. The number of nitrogens with zero attached hydrogens (tertiary/aromatic N) is 1. The van der Waals surface area contributed by atoms with Crippen molar-refractivity contribution in [1.82, 2.24) is 10.2 Å². The average molecular weight is 310 g/mol. The Morgan fingerprint density at radius 1 is 1.38 bits per heavy atom. The molecule has 0 radical (unpaired) electrons. The van der Waals surface area contributed by atoms with Crippen molar-refractivity contribution in [3.05, 3.63) is 29.3 Å². The van der Waals surface area contributed by atoms with E-state index in [0.29, 0.717) is 10.7 Å². The van der Waals surface area contributed by atoms with E-state index >= 15 is 0 Å². The molecule has 1 heterocycles. The van der Waals surface area contributed by atoms with Crippen LogP contribution in [0.1, 0.15) is 13.8 Å². The lowest BCUT2D eigenvalue weighted by atomic mass is 10.1. The molecule has 112 valence electrons. The van der Waals surface area contributed by atoms with Gasteiger partial charge in [0.05, 0.1) is 10.7 Å². The molecule has 0 aromatic heterocycles. The van der Waals surface area contributed by atoms with Gasteiger partial charge in [-0.1, -0.05) is 37.6 Å². The summed E-state index contributed by atoms with van der Waals surface area (Å²) >= 11 is 5.93. The van der Waals surface area contributed by atoms with Crippen LogP contribution >= 0.6 is 11.6 Å². The van der Waals surface area contributed by atoms with E-state index in [1.54, 1.807) is 24.3 Å². The van der Waals surface area contributed by atoms with Crippen LogP contribution in [0.2, 0.25) is 5.02 Å². The van der Waals surface area contributed by atoms with Crippen molar-refractivity contribution in [2.24, 2.45) is 5.92 Å². The number of urea groups is 1. The zero-order valence-electron chi connectivity index (χ0n) is 11.7. The molecule has 1 unspecified atom stereocenters.